The van der Waals surface area contributed by atoms with Crippen molar-refractivity contribution in [1.29, 1.82) is 0 Å². The van der Waals surface area contributed by atoms with Crippen molar-refractivity contribution in [2.75, 3.05) is 26.2 Å². The number of nitrogens with one attached hydrogen (secondary N) is 1. The molecule has 3 heteroatoms. The molecular formula is C11H22N2O. The largest absolute Gasteiger partial charge is 0.343 e. The van der Waals surface area contributed by atoms with E-state index < -0.39 is 0 Å². The molecule has 0 radical (unpaired) electrons. The zero-order valence-corrected chi connectivity index (χ0v) is 9.38. The molecular weight excluding hydrogens is 176 g/mol. The highest BCUT2D eigenvalue weighted by molar-refractivity contribution is 5.76. The van der Waals surface area contributed by atoms with Crippen LogP contribution in [0.3, 0.4) is 0 Å². The maximum Gasteiger partial charge on any atom is 0.223 e. The van der Waals surface area contributed by atoms with Gasteiger partial charge in [0.2, 0.25) is 5.91 Å². The van der Waals surface area contributed by atoms with Crippen LogP contribution in [0.1, 0.15) is 26.7 Å². The van der Waals surface area contributed by atoms with Crippen molar-refractivity contribution in [1.82, 2.24) is 10.2 Å². The van der Waals surface area contributed by atoms with Crippen LogP contribution in [0, 0.1) is 0 Å². The van der Waals surface area contributed by atoms with Crippen molar-refractivity contribution in [3.05, 3.63) is 12.7 Å². The lowest BCUT2D eigenvalue weighted by Gasteiger charge is -2.18. The average molecular weight is 198 g/mol. The van der Waals surface area contributed by atoms with Gasteiger partial charge in [-0.05, 0) is 26.8 Å². The average Bonchev–Trinajstić information content (AvgIpc) is 2.19. The minimum absolute atomic E-state index is 0.237. The van der Waals surface area contributed by atoms with Gasteiger partial charge >= 0.3 is 0 Å². The summed E-state index contributed by atoms with van der Waals surface area (Å²) in [5.41, 5.74) is 0. The molecule has 14 heavy (non-hydrogen) atoms. The third-order valence-corrected chi connectivity index (χ3v) is 2.16. The monoisotopic (exact) mass is 198 g/mol. The smallest absolute Gasteiger partial charge is 0.223 e. The van der Waals surface area contributed by atoms with E-state index in [0.29, 0.717) is 6.42 Å². The van der Waals surface area contributed by atoms with Crippen molar-refractivity contribution in [3.63, 3.8) is 0 Å². The first kappa shape index (κ1) is 13.2. The highest BCUT2D eigenvalue weighted by Gasteiger charge is 2.07. The normalized spacial score (nSPS) is 9.86. The van der Waals surface area contributed by atoms with E-state index in [2.05, 4.69) is 11.9 Å². The molecule has 0 rings (SSSR count). The second-order valence-electron chi connectivity index (χ2n) is 3.14. The summed E-state index contributed by atoms with van der Waals surface area (Å²) >= 11 is 0. The van der Waals surface area contributed by atoms with E-state index in [4.69, 9.17) is 0 Å². The molecule has 82 valence electrons. The number of nitrogens with zero attached hydrogens (tertiary/aromatic N) is 1. The summed E-state index contributed by atoms with van der Waals surface area (Å²) in [7, 11) is 0. The molecule has 0 saturated carbocycles. The SMILES string of the molecule is C=CCCNCCC(=O)N(CC)CC. The molecule has 1 amide bonds. The van der Waals surface area contributed by atoms with E-state index in [1.807, 2.05) is 24.8 Å². The van der Waals surface area contributed by atoms with E-state index in [9.17, 15) is 4.79 Å². The van der Waals surface area contributed by atoms with Gasteiger partial charge in [-0.3, -0.25) is 4.79 Å². The van der Waals surface area contributed by atoms with Gasteiger partial charge in [-0.25, -0.2) is 0 Å². The van der Waals surface area contributed by atoms with Crippen LogP contribution >= 0.6 is 0 Å². The third kappa shape index (κ3) is 5.75. The van der Waals surface area contributed by atoms with Crippen molar-refractivity contribution in [2.45, 2.75) is 26.7 Å². The van der Waals surface area contributed by atoms with Crippen LogP contribution in [0.25, 0.3) is 0 Å². The Kier molecular flexibility index (Phi) is 8.24. The minimum Gasteiger partial charge on any atom is -0.343 e. The first-order valence-corrected chi connectivity index (χ1v) is 5.35. The van der Waals surface area contributed by atoms with Crippen molar-refractivity contribution in [3.8, 4) is 0 Å². The Labute approximate surface area is 87.2 Å². The Morgan fingerprint density at radius 3 is 2.50 bits per heavy atom. The summed E-state index contributed by atoms with van der Waals surface area (Å²) in [6.07, 6.45) is 3.43. The van der Waals surface area contributed by atoms with E-state index >= 15 is 0 Å². The molecule has 0 atom stereocenters. The van der Waals surface area contributed by atoms with Gasteiger partial charge < -0.3 is 10.2 Å². The molecule has 1 N–H and O–H groups in total. The second-order valence-corrected chi connectivity index (χ2v) is 3.14. The fourth-order valence-electron chi connectivity index (χ4n) is 1.26. The van der Waals surface area contributed by atoms with Crippen molar-refractivity contribution >= 4 is 5.91 Å². The minimum atomic E-state index is 0.237. The maximum absolute atomic E-state index is 11.5. The number of carbonyl (C=O) groups excluding carboxylic acids is 1. The van der Waals surface area contributed by atoms with Crippen molar-refractivity contribution in [2.24, 2.45) is 0 Å². The van der Waals surface area contributed by atoms with Crippen LogP contribution in [-0.2, 0) is 4.79 Å². The number of rotatable bonds is 8. The van der Waals surface area contributed by atoms with Crippen molar-refractivity contribution < 1.29 is 4.79 Å². The molecule has 0 heterocycles. The molecule has 0 aliphatic heterocycles. The topological polar surface area (TPSA) is 32.3 Å². The summed E-state index contributed by atoms with van der Waals surface area (Å²) in [6, 6.07) is 0. The van der Waals surface area contributed by atoms with E-state index in [1.54, 1.807) is 0 Å². The van der Waals surface area contributed by atoms with Gasteiger partial charge in [-0.2, -0.15) is 0 Å². The molecule has 0 fully saturated rings. The van der Waals surface area contributed by atoms with Crippen LogP contribution in [0.15, 0.2) is 12.7 Å². The first-order valence-electron chi connectivity index (χ1n) is 5.35. The summed E-state index contributed by atoms with van der Waals surface area (Å²) in [4.78, 5) is 13.4. The summed E-state index contributed by atoms with van der Waals surface area (Å²) in [5, 5.41) is 3.20. The van der Waals surface area contributed by atoms with Gasteiger partial charge in [0.15, 0.2) is 0 Å². The standard InChI is InChI=1S/C11H22N2O/c1-4-7-9-12-10-8-11(14)13(5-2)6-3/h4,12H,1,5-10H2,2-3H3. The molecule has 0 saturated heterocycles. The Morgan fingerprint density at radius 2 is 2.00 bits per heavy atom. The Hall–Kier alpha value is -0.830. The highest BCUT2D eigenvalue weighted by atomic mass is 16.2. The summed E-state index contributed by atoms with van der Waals surface area (Å²) in [6.45, 7) is 10.9. The predicted molar refractivity (Wildman–Crippen MR) is 60.2 cm³/mol. The number of hydrogen-bond acceptors (Lipinski definition) is 2. The van der Waals surface area contributed by atoms with Gasteiger partial charge in [0.1, 0.15) is 0 Å². The highest BCUT2D eigenvalue weighted by Crippen LogP contribution is 1.92. The lowest BCUT2D eigenvalue weighted by molar-refractivity contribution is -0.130. The lowest BCUT2D eigenvalue weighted by Crippen LogP contribution is -2.33. The fraction of sp³-hybridized carbons (Fsp3) is 0.727. The van der Waals surface area contributed by atoms with E-state index in [1.165, 1.54) is 0 Å². The molecule has 3 nitrogen and oxygen atoms in total. The van der Waals surface area contributed by atoms with Crippen LogP contribution < -0.4 is 5.32 Å². The van der Waals surface area contributed by atoms with Crippen LogP contribution in [0.4, 0.5) is 0 Å². The zero-order valence-electron chi connectivity index (χ0n) is 9.38. The molecule has 0 unspecified atom stereocenters. The molecule has 0 aromatic carbocycles. The predicted octanol–water partition coefficient (Wildman–Crippen LogP) is 1.41. The lowest BCUT2D eigenvalue weighted by atomic mass is 10.3. The van der Waals surface area contributed by atoms with E-state index in [-0.39, 0.29) is 5.91 Å². The molecule has 0 aromatic heterocycles. The third-order valence-electron chi connectivity index (χ3n) is 2.16. The summed E-state index contributed by atoms with van der Waals surface area (Å²) < 4.78 is 0. The zero-order chi connectivity index (χ0) is 10.8. The second kappa shape index (κ2) is 8.75. The van der Waals surface area contributed by atoms with Crippen LogP contribution in [0.2, 0.25) is 0 Å². The Bertz CT molecular complexity index is 165. The Morgan fingerprint density at radius 1 is 1.36 bits per heavy atom. The van der Waals surface area contributed by atoms with Crippen LogP contribution in [0.5, 0.6) is 0 Å². The maximum atomic E-state index is 11.5. The molecule has 0 aliphatic rings. The van der Waals surface area contributed by atoms with Gasteiger partial charge in [-0.15, -0.1) is 6.58 Å². The molecule has 0 aromatic rings. The number of carbonyl (C=O) groups is 1. The van der Waals surface area contributed by atoms with E-state index in [0.717, 1.165) is 32.6 Å². The summed E-state index contributed by atoms with van der Waals surface area (Å²) in [5.74, 6) is 0.237. The van der Waals surface area contributed by atoms with Crippen LogP contribution in [-0.4, -0.2) is 37.0 Å². The number of amides is 1. The quantitative estimate of drug-likeness (QED) is 0.472. The van der Waals surface area contributed by atoms with Gasteiger partial charge in [-0.1, -0.05) is 6.08 Å². The molecule has 0 spiro atoms. The van der Waals surface area contributed by atoms with Gasteiger partial charge in [0.25, 0.3) is 0 Å². The van der Waals surface area contributed by atoms with Gasteiger partial charge in [0.05, 0.1) is 0 Å². The molecule has 0 bridgehead atoms. The molecule has 0 aliphatic carbocycles. The fourth-order valence-corrected chi connectivity index (χ4v) is 1.26. The first-order chi connectivity index (χ1) is 6.76. The Balaban J connectivity index is 3.47. The number of hydrogen-bond donors (Lipinski definition) is 1. The van der Waals surface area contributed by atoms with Gasteiger partial charge in [0, 0.05) is 26.1 Å².